The average molecular weight is 390 g/mol. The van der Waals surface area contributed by atoms with E-state index in [1.54, 1.807) is 0 Å². The molecule has 142 valence electrons. The third-order valence-electron chi connectivity index (χ3n) is 5.45. The quantitative estimate of drug-likeness (QED) is 0.426. The summed E-state index contributed by atoms with van der Waals surface area (Å²) in [6.07, 6.45) is 3.32. The number of benzene rings is 3. The lowest BCUT2D eigenvalue weighted by Crippen LogP contribution is -2.32. The average Bonchev–Trinajstić information content (AvgIpc) is 2.80. The summed E-state index contributed by atoms with van der Waals surface area (Å²) in [6, 6.07) is 31.3. The summed E-state index contributed by atoms with van der Waals surface area (Å²) in [5, 5.41) is 3.54. The summed E-state index contributed by atoms with van der Waals surface area (Å²) in [5.41, 5.74) is 0. The van der Waals surface area contributed by atoms with Crippen molar-refractivity contribution in [2.24, 2.45) is 0 Å². The van der Waals surface area contributed by atoms with Crippen LogP contribution >= 0.6 is 7.26 Å². The monoisotopic (exact) mass is 390 g/mol. The first kappa shape index (κ1) is 18.9. The largest absolute Gasteiger partial charge is 0.346 e. The smallest absolute Gasteiger partial charge is 0.225 e. The van der Waals surface area contributed by atoms with Crippen LogP contribution in [0.15, 0.2) is 103 Å². The number of halogens is 1. The molecule has 1 aliphatic heterocycles. The molecule has 4 rings (SSSR count). The minimum Gasteiger partial charge on any atom is -0.346 e. The van der Waals surface area contributed by atoms with Gasteiger partial charge in [0, 0.05) is 13.1 Å². The molecule has 3 aromatic carbocycles. The number of hydrogen-bond donors (Lipinski definition) is 0. The molecule has 1 saturated heterocycles. The molecular weight excluding hydrogens is 364 g/mol. The van der Waals surface area contributed by atoms with Crippen LogP contribution in [0.5, 0.6) is 0 Å². The van der Waals surface area contributed by atoms with E-state index in [0.717, 1.165) is 25.9 Å². The van der Waals surface area contributed by atoms with Crippen LogP contribution in [0.4, 0.5) is 4.39 Å². The van der Waals surface area contributed by atoms with E-state index in [9.17, 15) is 0 Å². The van der Waals surface area contributed by atoms with Crippen LogP contribution < -0.4 is 15.9 Å². The molecule has 0 saturated carbocycles. The molecule has 0 atom stereocenters. The van der Waals surface area contributed by atoms with E-state index >= 15 is 4.39 Å². The Kier molecular flexibility index (Phi) is 5.88. The normalized spacial score (nSPS) is 15.5. The fourth-order valence-electron chi connectivity index (χ4n) is 4.01. The van der Waals surface area contributed by atoms with Crippen molar-refractivity contribution >= 4 is 23.2 Å². The van der Waals surface area contributed by atoms with Gasteiger partial charge in [-0.2, -0.15) is 4.39 Å². The van der Waals surface area contributed by atoms with E-state index < -0.39 is 7.26 Å². The second-order valence-electron chi connectivity index (χ2n) is 7.23. The summed E-state index contributed by atoms with van der Waals surface area (Å²) < 4.78 is 15.7. The first-order valence-corrected chi connectivity index (χ1v) is 11.9. The fraction of sp³-hybridized carbons (Fsp3) is 0.200. The van der Waals surface area contributed by atoms with Crippen molar-refractivity contribution in [1.82, 2.24) is 4.90 Å². The zero-order valence-electron chi connectivity index (χ0n) is 16.0. The third kappa shape index (κ3) is 3.75. The summed E-state index contributed by atoms with van der Waals surface area (Å²) in [4.78, 5) is 1.92. The summed E-state index contributed by atoms with van der Waals surface area (Å²) >= 11 is 0. The lowest BCUT2D eigenvalue weighted by Gasteiger charge is -2.29. The highest BCUT2D eigenvalue weighted by Crippen LogP contribution is 2.57. The Morgan fingerprint density at radius 2 is 1.04 bits per heavy atom. The second-order valence-corrected chi connectivity index (χ2v) is 10.5. The van der Waals surface area contributed by atoms with Gasteiger partial charge in [-0.05, 0) is 55.7 Å². The van der Waals surface area contributed by atoms with Crippen molar-refractivity contribution in [3.63, 3.8) is 0 Å². The summed E-state index contributed by atoms with van der Waals surface area (Å²) in [7, 11) is -2.25. The number of nitrogens with zero attached hydrogens (tertiary/aromatic N) is 1. The molecule has 28 heavy (non-hydrogen) atoms. The molecule has 1 nitrogen and oxygen atoms in total. The number of likely N-dealkylation sites (tertiary alicyclic amines) is 1. The van der Waals surface area contributed by atoms with Gasteiger partial charge >= 0.3 is 0 Å². The molecule has 0 spiro atoms. The number of piperidine rings is 1. The van der Waals surface area contributed by atoms with Gasteiger partial charge < -0.3 is 4.90 Å². The van der Waals surface area contributed by atoms with Crippen LogP contribution in [0.2, 0.25) is 0 Å². The molecule has 0 amide bonds. The maximum atomic E-state index is 15.7. The Morgan fingerprint density at radius 3 is 1.43 bits per heavy atom. The molecule has 0 bridgehead atoms. The predicted molar refractivity (Wildman–Crippen MR) is 120 cm³/mol. The van der Waals surface area contributed by atoms with E-state index in [0.29, 0.717) is 0 Å². The van der Waals surface area contributed by atoms with Crippen molar-refractivity contribution in [3.05, 3.63) is 103 Å². The molecule has 0 aliphatic carbocycles. The van der Waals surface area contributed by atoms with Gasteiger partial charge in [0.25, 0.3) is 0 Å². The minimum absolute atomic E-state index is 0.0791. The highest BCUT2D eigenvalue weighted by atomic mass is 31.2. The molecule has 3 heteroatoms. The van der Waals surface area contributed by atoms with Gasteiger partial charge in [-0.3, -0.25) is 0 Å². The van der Waals surface area contributed by atoms with E-state index in [-0.39, 0.29) is 5.95 Å². The zero-order chi connectivity index (χ0) is 19.2. The van der Waals surface area contributed by atoms with Crippen LogP contribution in [0.1, 0.15) is 19.3 Å². The maximum Gasteiger partial charge on any atom is 0.225 e. The topological polar surface area (TPSA) is 3.24 Å². The Balaban J connectivity index is 1.96. The van der Waals surface area contributed by atoms with E-state index in [1.807, 2.05) is 28.9 Å². The minimum atomic E-state index is -2.25. The van der Waals surface area contributed by atoms with Gasteiger partial charge in [-0.15, -0.1) is 0 Å². The maximum absolute atomic E-state index is 15.7. The highest BCUT2D eigenvalue weighted by molar-refractivity contribution is 7.98. The first-order valence-electron chi connectivity index (χ1n) is 9.99. The van der Waals surface area contributed by atoms with E-state index in [4.69, 9.17) is 0 Å². The highest BCUT2D eigenvalue weighted by Gasteiger charge is 2.45. The molecule has 0 unspecified atom stereocenters. The molecule has 3 aromatic rings. The molecule has 0 radical (unpaired) electrons. The van der Waals surface area contributed by atoms with Crippen molar-refractivity contribution in [1.29, 1.82) is 0 Å². The van der Waals surface area contributed by atoms with E-state index in [2.05, 4.69) is 72.8 Å². The summed E-state index contributed by atoms with van der Waals surface area (Å²) in [5.74, 6) is 1.86. The Morgan fingerprint density at radius 1 is 0.643 bits per heavy atom. The molecule has 1 heterocycles. The molecule has 0 N–H and O–H groups in total. The van der Waals surface area contributed by atoms with Gasteiger partial charge in [0.2, 0.25) is 5.95 Å². The van der Waals surface area contributed by atoms with Crippen molar-refractivity contribution in [2.75, 3.05) is 13.1 Å². The number of rotatable bonds is 5. The molecular formula is C25H26FNP+. The Bertz CT molecular complexity index is 806. The summed E-state index contributed by atoms with van der Waals surface area (Å²) in [6.45, 7) is 1.61. The Hall–Kier alpha value is -2.44. The predicted octanol–water partition coefficient (Wildman–Crippen LogP) is 5.23. The molecule has 0 aromatic heterocycles. The fourth-order valence-corrected chi connectivity index (χ4v) is 7.76. The SMILES string of the molecule is F/C(=C\[P+](c1ccccc1)(c1ccccc1)c1ccccc1)N1CCCCC1. The molecule has 1 aliphatic rings. The van der Waals surface area contributed by atoms with Gasteiger partial charge in [-0.1, -0.05) is 54.6 Å². The van der Waals surface area contributed by atoms with Crippen LogP contribution in [0.25, 0.3) is 0 Å². The van der Waals surface area contributed by atoms with Crippen molar-refractivity contribution < 1.29 is 4.39 Å². The lowest BCUT2D eigenvalue weighted by atomic mass is 10.1. The van der Waals surface area contributed by atoms with Crippen LogP contribution in [-0.4, -0.2) is 18.0 Å². The van der Waals surface area contributed by atoms with Crippen LogP contribution in [-0.2, 0) is 0 Å². The standard InChI is InChI=1S/C25H26FNP/c26-25(27-19-11-4-12-20-27)21-28(22-13-5-1-6-14-22,23-15-7-2-8-16-23)24-17-9-3-10-18-24/h1-3,5-10,13-18,21H,4,11-12,19-20H2/q+1/b25-21+. The van der Waals surface area contributed by atoms with Gasteiger partial charge in [-0.25, -0.2) is 0 Å². The number of hydrogen-bond acceptors (Lipinski definition) is 1. The second kappa shape index (κ2) is 8.71. The van der Waals surface area contributed by atoms with Crippen LogP contribution in [0.3, 0.4) is 0 Å². The first-order chi connectivity index (χ1) is 13.8. The van der Waals surface area contributed by atoms with Gasteiger partial charge in [0.1, 0.15) is 29.0 Å². The van der Waals surface area contributed by atoms with Crippen molar-refractivity contribution in [3.8, 4) is 0 Å². The van der Waals surface area contributed by atoms with Gasteiger partial charge in [0.05, 0.1) is 0 Å². The lowest BCUT2D eigenvalue weighted by molar-refractivity contribution is 0.230. The zero-order valence-corrected chi connectivity index (χ0v) is 16.9. The molecule has 1 fully saturated rings. The van der Waals surface area contributed by atoms with Gasteiger partial charge in [0.15, 0.2) is 0 Å². The van der Waals surface area contributed by atoms with Crippen LogP contribution in [0, 0.1) is 0 Å². The van der Waals surface area contributed by atoms with Crippen molar-refractivity contribution in [2.45, 2.75) is 19.3 Å². The Labute approximate surface area is 167 Å². The third-order valence-corrected chi connectivity index (χ3v) is 9.39. The van der Waals surface area contributed by atoms with E-state index in [1.165, 1.54) is 22.3 Å².